The molecule has 0 fully saturated rings. The van der Waals surface area contributed by atoms with Gasteiger partial charge in [-0.15, -0.1) is 5.10 Å². The van der Waals surface area contributed by atoms with Crippen LogP contribution in [0.25, 0.3) is 0 Å². The number of benzene rings is 1. The van der Waals surface area contributed by atoms with Crippen LogP contribution in [0.4, 0.5) is 0 Å². The van der Waals surface area contributed by atoms with E-state index in [1.165, 1.54) is 6.26 Å². The third-order valence-electron chi connectivity index (χ3n) is 2.76. The minimum absolute atomic E-state index is 0.281. The molecule has 0 spiro atoms. The van der Waals surface area contributed by atoms with Crippen molar-refractivity contribution in [2.75, 3.05) is 18.6 Å². The molecular weight excluding hydrogens is 347 g/mol. The molecule has 0 aliphatic rings. The van der Waals surface area contributed by atoms with E-state index in [1.54, 1.807) is 29.1 Å². The van der Waals surface area contributed by atoms with Gasteiger partial charge in [0.2, 0.25) is 0 Å². The fraction of sp³-hybridized carbons (Fsp3) is 0.385. The summed E-state index contributed by atoms with van der Waals surface area (Å²) in [5.41, 5.74) is 0.715. The highest BCUT2D eigenvalue weighted by Crippen LogP contribution is 2.24. The summed E-state index contributed by atoms with van der Waals surface area (Å²) in [4.78, 5) is 0. The first kappa shape index (κ1) is 17.1. The largest absolute Gasteiger partial charge is 0.492 e. The quantitative estimate of drug-likeness (QED) is 0.820. The molecule has 2 rings (SSSR count). The first-order chi connectivity index (χ1) is 10.3. The van der Waals surface area contributed by atoms with Crippen LogP contribution in [-0.4, -0.2) is 37.8 Å². The number of hydrogen-bond acceptors (Lipinski definition) is 5. The molecule has 0 saturated heterocycles. The van der Waals surface area contributed by atoms with Crippen molar-refractivity contribution in [3.05, 3.63) is 40.1 Å². The first-order valence-electron chi connectivity index (χ1n) is 6.51. The van der Waals surface area contributed by atoms with E-state index < -0.39 is 9.73 Å². The maximum absolute atomic E-state index is 11.3. The Morgan fingerprint density at radius 2 is 2.00 bits per heavy atom. The van der Waals surface area contributed by atoms with Gasteiger partial charge in [-0.1, -0.05) is 28.4 Å². The van der Waals surface area contributed by atoms with E-state index >= 15 is 0 Å². The van der Waals surface area contributed by atoms with Crippen LogP contribution in [0.3, 0.4) is 0 Å². The third kappa shape index (κ3) is 5.82. The summed E-state index contributed by atoms with van der Waals surface area (Å²) in [7, 11) is -2.50. The highest BCUT2D eigenvalue weighted by molar-refractivity contribution is 7.91. The molecule has 2 aromatic rings. The molecule has 0 amide bonds. The van der Waals surface area contributed by atoms with E-state index in [2.05, 4.69) is 10.3 Å². The number of nitrogens with one attached hydrogen (secondary N) is 1. The van der Waals surface area contributed by atoms with Gasteiger partial charge in [-0.25, -0.2) is 4.68 Å². The Balaban J connectivity index is 1.83. The van der Waals surface area contributed by atoms with Gasteiger partial charge in [0.1, 0.15) is 12.4 Å². The van der Waals surface area contributed by atoms with Gasteiger partial charge in [0.05, 0.1) is 12.2 Å². The summed E-state index contributed by atoms with van der Waals surface area (Å²) in [6, 6.07) is 5.01. The minimum Gasteiger partial charge on any atom is -0.492 e. The summed E-state index contributed by atoms with van der Waals surface area (Å²) >= 11 is 11.8. The normalized spacial score (nSPS) is 13.8. The van der Waals surface area contributed by atoms with Crippen molar-refractivity contribution in [3.63, 3.8) is 0 Å². The summed E-state index contributed by atoms with van der Waals surface area (Å²) < 4.78 is 25.9. The van der Waals surface area contributed by atoms with Crippen molar-refractivity contribution in [1.82, 2.24) is 15.0 Å². The zero-order valence-corrected chi connectivity index (χ0v) is 14.3. The number of halogens is 2. The van der Waals surface area contributed by atoms with Crippen molar-refractivity contribution in [3.8, 4) is 5.75 Å². The number of nitrogens with zero attached hydrogens (tertiary/aromatic N) is 3. The first-order valence-corrected chi connectivity index (χ1v) is 9.40. The van der Waals surface area contributed by atoms with Gasteiger partial charge in [0.25, 0.3) is 0 Å². The summed E-state index contributed by atoms with van der Waals surface area (Å²) in [6.07, 6.45) is 3.66. The number of aromatic nitrogens is 3. The van der Waals surface area contributed by atoms with E-state index in [0.29, 0.717) is 41.1 Å². The Morgan fingerprint density at radius 3 is 2.64 bits per heavy atom. The molecular formula is C13H16Cl2N4O2S. The molecule has 6 nitrogen and oxygen atoms in total. The van der Waals surface area contributed by atoms with E-state index in [4.69, 9.17) is 32.7 Å². The Bertz CT molecular complexity index is 726. The second-order valence-electron chi connectivity index (χ2n) is 4.89. The van der Waals surface area contributed by atoms with Gasteiger partial charge in [-0.2, -0.15) is 0 Å². The Hall–Kier alpha value is -1.31. The van der Waals surface area contributed by atoms with Crippen LogP contribution in [0, 0.1) is 4.78 Å². The molecule has 1 heterocycles. The predicted octanol–water partition coefficient (Wildman–Crippen LogP) is 2.88. The van der Waals surface area contributed by atoms with Crippen LogP contribution >= 0.6 is 23.2 Å². The van der Waals surface area contributed by atoms with Crippen LogP contribution in [-0.2, 0) is 22.7 Å². The fourth-order valence-electron chi connectivity index (χ4n) is 1.73. The number of hydrogen-bond donors (Lipinski definition) is 1. The molecule has 0 radical (unpaired) electrons. The lowest BCUT2D eigenvalue weighted by atomic mass is 10.3. The Labute approximate surface area is 139 Å². The number of aryl methyl sites for hydroxylation is 1. The fourth-order valence-corrected chi connectivity index (χ4v) is 2.84. The van der Waals surface area contributed by atoms with E-state index in [0.717, 1.165) is 0 Å². The van der Waals surface area contributed by atoms with Crippen molar-refractivity contribution in [1.29, 1.82) is 4.78 Å². The van der Waals surface area contributed by atoms with Gasteiger partial charge in [0, 0.05) is 44.4 Å². The van der Waals surface area contributed by atoms with E-state index in [-0.39, 0.29) is 5.75 Å². The van der Waals surface area contributed by atoms with Gasteiger partial charge in [-0.05, 0) is 18.2 Å². The second-order valence-corrected chi connectivity index (χ2v) is 8.18. The van der Waals surface area contributed by atoms with E-state index in [1.807, 2.05) is 0 Å². The molecule has 0 aliphatic heterocycles. The summed E-state index contributed by atoms with van der Waals surface area (Å²) in [5, 5.41) is 8.98. The molecule has 120 valence electrons. The maximum Gasteiger partial charge on any atom is 0.122 e. The molecule has 1 aromatic carbocycles. The van der Waals surface area contributed by atoms with Gasteiger partial charge in [-0.3, -0.25) is 8.99 Å². The van der Waals surface area contributed by atoms with Crippen molar-refractivity contribution in [2.24, 2.45) is 0 Å². The molecule has 0 bridgehead atoms. The molecule has 0 aliphatic carbocycles. The van der Waals surface area contributed by atoms with E-state index in [9.17, 15) is 4.21 Å². The average Bonchev–Trinajstić information content (AvgIpc) is 2.82. The lowest BCUT2D eigenvalue weighted by Crippen LogP contribution is -2.08. The standard InChI is InChI=1S/C13H16Cl2N4O2S/c1-22(16,20)5-2-12-9-19(18-17-12)3-4-21-13-7-10(14)6-11(15)8-13/h6-9,16H,2-5H2,1H3. The topological polar surface area (TPSA) is 80.9 Å². The van der Waals surface area contributed by atoms with Crippen molar-refractivity contribution >= 4 is 32.9 Å². The molecule has 1 unspecified atom stereocenters. The molecule has 9 heteroatoms. The third-order valence-corrected chi connectivity index (χ3v) is 4.18. The Kier molecular flexibility index (Phi) is 5.66. The molecule has 22 heavy (non-hydrogen) atoms. The van der Waals surface area contributed by atoms with Crippen LogP contribution in [0.1, 0.15) is 5.69 Å². The lowest BCUT2D eigenvalue weighted by Gasteiger charge is -2.06. The van der Waals surface area contributed by atoms with Crippen LogP contribution in [0.2, 0.25) is 10.0 Å². The summed E-state index contributed by atoms with van der Waals surface area (Å²) in [6.45, 7) is 0.905. The zero-order chi connectivity index (χ0) is 16.2. The van der Waals surface area contributed by atoms with Crippen LogP contribution < -0.4 is 4.74 Å². The zero-order valence-electron chi connectivity index (χ0n) is 12.0. The smallest absolute Gasteiger partial charge is 0.122 e. The van der Waals surface area contributed by atoms with Gasteiger partial charge < -0.3 is 4.74 Å². The SMILES string of the molecule is CS(=N)(=O)CCc1cn(CCOc2cc(Cl)cc(Cl)c2)nn1. The monoisotopic (exact) mass is 362 g/mol. The highest BCUT2D eigenvalue weighted by atomic mass is 35.5. The molecule has 1 atom stereocenters. The number of rotatable bonds is 7. The minimum atomic E-state index is -2.50. The molecule has 1 N–H and O–H groups in total. The highest BCUT2D eigenvalue weighted by Gasteiger charge is 2.05. The van der Waals surface area contributed by atoms with Crippen molar-refractivity contribution in [2.45, 2.75) is 13.0 Å². The second kappa shape index (κ2) is 7.30. The average molecular weight is 363 g/mol. The Morgan fingerprint density at radius 1 is 1.32 bits per heavy atom. The predicted molar refractivity (Wildman–Crippen MR) is 87.3 cm³/mol. The summed E-state index contributed by atoms with van der Waals surface area (Å²) in [5.74, 6) is 0.876. The molecule has 1 aromatic heterocycles. The number of ether oxygens (including phenoxy) is 1. The molecule has 0 saturated carbocycles. The van der Waals surface area contributed by atoms with Crippen LogP contribution in [0.5, 0.6) is 5.75 Å². The maximum atomic E-state index is 11.3. The van der Waals surface area contributed by atoms with Crippen LogP contribution in [0.15, 0.2) is 24.4 Å². The van der Waals surface area contributed by atoms with Gasteiger partial charge in [0.15, 0.2) is 0 Å². The van der Waals surface area contributed by atoms with Crippen molar-refractivity contribution < 1.29 is 8.95 Å². The lowest BCUT2D eigenvalue weighted by molar-refractivity contribution is 0.290. The van der Waals surface area contributed by atoms with Gasteiger partial charge >= 0.3 is 0 Å².